The first-order valence-electron chi connectivity index (χ1n) is 7.78. The molecule has 1 aromatic carbocycles. The number of benzene rings is 1. The van der Waals surface area contributed by atoms with Gasteiger partial charge in [-0.1, -0.05) is 23.4 Å². The molecule has 0 unspecified atom stereocenters. The zero-order valence-electron chi connectivity index (χ0n) is 13.6. The molecule has 0 radical (unpaired) electrons. The molecule has 1 amide bonds. The van der Waals surface area contributed by atoms with Crippen molar-refractivity contribution in [3.8, 4) is 11.4 Å². The highest BCUT2D eigenvalue weighted by molar-refractivity contribution is 7.99. The lowest BCUT2D eigenvalue weighted by molar-refractivity contribution is -0.118. The van der Waals surface area contributed by atoms with Gasteiger partial charge >= 0.3 is 0 Å². The summed E-state index contributed by atoms with van der Waals surface area (Å²) in [7, 11) is 0. The summed E-state index contributed by atoms with van der Waals surface area (Å²) in [6.45, 7) is 2.98. The second-order valence-electron chi connectivity index (χ2n) is 5.22. The van der Waals surface area contributed by atoms with Crippen molar-refractivity contribution in [2.24, 2.45) is 0 Å². The fourth-order valence-electron chi connectivity index (χ4n) is 2.29. The first kappa shape index (κ1) is 17.6. The number of aromatic nitrogens is 3. The number of hydrogen-bond acceptors (Lipinski definition) is 5. The predicted octanol–water partition coefficient (Wildman–Crippen LogP) is 3.47. The molecule has 2 aromatic heterocycles. The number of carbonyl (C=O) groups is 1. The van der Waals surface area contributed by atoms with E-state index in [1.165, 1.54) is 11.8 Å². The number of nitrogens with zero attached hydrogens (tertiary/aromatic N) is 3. The molecule has 0 fully saturated rings. The van der Waals surface area contributed by atoms with Crippen LogP contribution in [0, 0.1) is 0 Å². The molecule has 8 heteroatoms. The van der Waals surface area contributed by atoms with Gasteiger partial charge in [0.2, 0.25) is 5.91 Å². The van der Waals surface area contributed by atoms with Gasteiger partial charge in [-0.05, 0) is 43.3 Å². The number of amides is 1. The zero-order chi connectivity index (χ0) is 17.6. The molecule has 1 N–H and O–H groups in total. The van der Waals surface area contributed by atoms with Crippen molar-refractivity contribution >= 4 is 29.3 Å². The molecule has 25 heavy (non-hydrogen) atoms. The van der Waals surface area contributed by atoms with Gasteiger partial charge in [-0.3, -0.25) is 9.36 Å². The van der Waals surface area contributed by atoms with E-state index in [0.717, 1.165) is 11.3 Å². The maximum Gasteiger partial charge on any atom is 0.230 e. The lowest BCUT2D eigenvalue weighted by atomic mass is 10.2. The van der Waals surface area contributed by atoms with Crippen LogP contribution >= 0.6 is 23.4 Å². The number of rotatable bonds is 7. The summed E-state index contributed by atoms with van der Waals surface area (Å²) < 4.78 is 7.39. The van der Waals surface area contributed by atoms with Crippen molar-refractivity contribution in [1.29, 1.82) is 0 Å². The Kier molecular flexibility index (Phi) is 5.78. The van der Waals surface area contributed by atoms with Gasteiger partial charge in [0.05, 0.1) is 18.6 Å². The summed E-state index contributed by atoms with van der Waals surface area (Å²) >= 11 is 7.31. The Morgan fingerprint density at radius 2 is 2.08 bits per heavy atom. The van der Waals surface area contributed by atoms with Gasteiger partial charge in [-0.25, -0.2) is 0 Å². The van der Waals surface area contributed by atoms with Gasteiger partial charge in [0.1, 0.15) is 5.76 Å². The first-order valence-corrected chi connectivity index (χ1v) is 9.14. The summed E-state index contributed by atoms with van der Waals surface area (Å²) in [6.07, 6.45) is 1.63. The zero-order valence-corrected chi connectivity index (χ0v) is 15.2. The standard InChI is InChI=1S/C17H17ClN4O2S/c1-2-19-15(23)11-25-17-21-20-16(12-5-7-13(18)8-6-12)22(17)10-14-4-3-9-24-14/h3-9H,2,10-11H2,1H3,(H,19,23). The fraction of sp³-hybridized carbons (Fsp3) is 0.235. The van der Waals surface area contributed by atoms with E-state index in [9.17, 15) is 4.79 Å². The number of furan rings is 1. The minimum atomic E-state index is -0.0342. The summed E-state index contributed by atoms with van der Waals surface area (Å²) in [4.78, 5) is 11.7. The van der Waals surface area contributed by atoms with Crippen LogP contribution in [0.5, 0.6) is 0 Å². The maximum atomic E-state index is 11.7. The molecule has 6 nitrogen and oxygen atoms in total. The van der Waals surface area contributed by atoms with Gasteiger partial charge in [-0.2, -0.15) is 0 Å². The smallest absolute Gasteiger partial charge is 0.230 e. The van der Waals surface area contributed by atoms with E-state index in [-0.39, 0.29) is 11.7 Å². The largest absolute Gasteiger partial charge is 0.467 e. The number of hydrogen-bond donors (Lipinski definition) is 1. The fourth-order valence-corrected chi connectivity index (χ4v) is 3.18. The van der Waals surface area contributed by atoms with E-state index in [4.69, 9.17) is 16.0 Å². The average Bonchev–Trinajstić information content (AvgIpc) is 3.25. The third kappa shape index (κ3) is 4.43. The van der Waals surface area contributed by atoms with Crippen molar-refractivity contribution in [3.05, 3.63) is 53.4 Å². The van der Waals surface area contributed by atoms with Crippen LogP contribution in [-0.4, -0.2) is 33.0 Å². The van der Waals surface area contributed by atoms with Crippen molar-refractivity contribution in [2.45, 2.75) is 18.6 Å². The van der Waals surface area contributed by atoms with E-state index in [1.54, 1.807) is 6.26 Å². The van der Waals surface area contributed by atoms with Crippen LogP contribution in [0.3, 0.4) is 0 Å². The summed E-state index contributed by atoms with van der Waals surface area (Å²) in [6, 6.07) is 11.1. The van der Waals surface area contributed by atoms with Gasteiger partial charge in [0.25, 0.3) is 0 Å². The first-order chi connectivity index (χ1) is 12.2. The van der Waals surface area contributed by atoms with E-state index in [0.29, 0.717) is 29.1 Å². The average molecular weight is 377 g/mol. The number of carbonyl (C=O) groups excluding carboxylic acids is 1. The lowest BCUT2D eigenvalue weighted by Crippen LogP contribution is -2.24. The van der Waals surface area contributed by atoms with Crippen molar-refractivity contribution in [2.75, 3.05) is 12.3 Å². The molecule has 0 atom stereocenters. The summed E-state index contributed by atoms with van der Waals surface area (Å²) in [5, 5.41) is 12.6. The van der Waals surface area contributed by atoms with Crippen molar-refractivity contribution in [1.82, 2.24) is 20.1 Å². The van der Waals surface area contributed by atoms with Gasteiger partial charge < -0.3 is 9.73 Å². The lowest BCUT2D eigenvalue weighted by Gasteiger charge is -2.09. The molecule has 2 heterocycles. The van der Waals surface area contributed by atoms with Crippen LogP contribution in [0.15, 0.2) is 52.2 Å². The van der Waals surface area contributed by atoms with Crippen LogP contribution < -0.4 is 5.32 Å². The topological polar surface area (TPSA) is 73.0 Å². The molecule has 0 aliphatic carbocycles. The van der Waals surface area contributed by atoms with E-state index in [2.05, 4.69) is 15.5 Å². The molecule has 0 spiro atoms. The molecular weight excluding hydrogens is 360 g/mol. The Morgan fingerprint density at radius 3 is 2.76 bits per heavy atom. The number of thioether (sulfide) groups is 1. The molecule has 3 rings (SSSR count). The molecule has 0 saturated heterocycles. The van der Waals surface area contributed by atoms with Crippen LogP contribution in [0.4, 0.5) is 0 Å². The highest BCUT2D eigenvalue weighted by Crippen LogP contribution is 2.26. The summed E-state index contributed by atoms with van der Waals surface area (Å²) in [5.41, 5.74) is 0.897. The Balaban J connectivity index is 1.89. The van der Waals surface area contributed by atoms with E-state index in [1.807, 2.05) is 47.9 Å². The molecular formula is C17H17ClN4O2S. The molecule has 3 aromatic rings. The van der Waals surface area contributed by atoms with E-state index >= 15 is 0 Å². The second kappa shape index (κ2) is 8.22. The second-order valence-corrected chi connectivity index (χ2v) is 6.60. The van der Waals surface area contributed by atoms with Crippen molar-refractivity contribution < 1.29 is 9.21 Å². The highest BCUT2D eigenvalue weighted by atomic mass is 35.5. The Hall–Kier alpha value is -2.25. The van der Waals surface area contributed by atoms with Gasteiger partial charge in [-0.15, -0.1) is 10.2 Å². The van der Waals surface area contributed by atoms with Crippen LogP contribution in [-0.2, 0) is 11.3 Å². The quantitative estimate of drug-likeness (QED) is 0.639. The molecule has 0 aliphatic rings. The molecule has 0 bridgehead atoms. The highest BCUT2D eigenvalue weighted by Gasteiger charge is 2.16. The Bertz CT molecular complexity index is 831. The predicted molar refractivity (Wildman–Crippen MR) is 97.7 cm³/mol. The Labute approximate surface area is 154 Å². The number of nitrogens with one attached hydrogen (secondary N) is 1. The third-order valence-corrected chi connectivity index (χ3v) is 4.64. The monoisotopic (exact) mass is 376 g/mol. The number of halogens is 1. The minimum absolute atomic E-state index is 0.0342. The van der Waals surface area contributed by atoms with Crippen LogP contribution in [0.1, 0.15) is 12.7 Å². The molecule has 0 aliphatic heterocycles. The minimum Gasteiger partial charge on any atom is -0.467 e. The van der Waals surface area contributed by atoms with Crippen molar-refractivity contribution in [3.63, 3.8) is 0 Å². The van der Waals surface area contributed by atoms with Gasteiger partial charge in [0, 0.05) is 17.1 Å². The van der Waals surface area contributed by atoms with E-state index < -0.39 is 0 Å². The van der Waals surface area contributed by atoms with Gasteiger partial charge in [0.15, 0.2) is 11.0 Å². The molecule has 130 valence electrons. The Morgan fingerprint density at radius 1 is 1.28 bits per heavy atom. The third-order valence-electron chi connectivity index (χ3n) is 3.42. The van der Waals surface area contributed by atoms with Crippen LogP contribution in [0.2, 0.25) is 5.02 Å². The summed E-state index contributed by atoms with van der Waals surface area (Å²) in [5.74, 6) is 1.74. The van der Waals surface area contributed by atoms with Crippen LogP contribution in [0.25, 0.3) is 11.4 Å². The maximum absolute atomic E-state index is 11.7. The normalized spacial score (nSPS) is 10.8. The SMILES string of the molecule is CCNC(=O)CSc1nnc(-c2ccc(Cl)cc2)n1Cc1ccco1. The molecule has 0 saturated carbocycles.